The summed E-state index contributed by atoms with van der Waals surface area (Å²) < 4.78 is 23.5. The Bertz CT molecular complexity index is 962. The van der Waals surface area contributed by atoms with Gasteiger partial charge in [-0.15, -0.1) is 0 Å². The van der Waals surface area contributed by atoms with E-state index in [-0.39, 0.29) is 0 Å². The first-order valence-electron chi connectivity index (χ1n) is 7.80. The molecule has 0 spiro atoms. The highest BCUT2D eigenvalue weighted by Gasteiger charge is 2.09. The third kappa shape index (κ3) is 3.92. The molecular formula is C18H18N5O2S-. The number of anilines is 3. The third-order valence-corrected chi connectivity index (χ3v) is 4.45. The predicted octanol–water partition coefficient (Wildman–Crippen LogP) is 4.02. The average molecular weight is 368 g/mol. The van der Waals surface area contributed by atoms with Gasteiger partial charge >= 0.3 is 0 Å². The first kappa shape index (κ1) is 17.7. The van der Waals surface area contributed by atoms with Crippen molar-refractivity contribution < 1.29 is 8.95 Å². The number of ether oxygens (including phenoxy) is 1. The lowest BCUT2D eigenvalue weighted by atomic mass is 10.1. The minimum absolute atomic E-state index is 0.436. The molecule has 26 heavy (non-hydrogen) atoms. The number of nitrogens with one attached hydrogen (secondary N) is 3. The van der Waals surface area contributed by atoms with E-state index in [2.05, 4.69) is 20.6 Å². The van der Waals surface area contributed by atoms with Crippen LogP contribution in [0.4, 0.5) is 17.5 Å². The van der Waals surface area contributed by atoms with Crippen LogP contribution in [0.2, 0.25) is 0 Å². The van der Waals surface area contributed by atoms with Crippen LogP contribution < -0.4 is 15.4 Å². The van der Waals surface area contributed by atoms with Crippen molar-refractivity contribution >= 4 is 28.0 Å². The second kappa shape index (κ2) is 7.83. The maximum atomic E-state index is 11.1. The highest BCUT2D eigenvalue weighted by atomic mass is 32.2. The molecular weight excluding hydrogens is 350 g/mol. The number of aromatic nitrogens is 2. The molecule has 3 aromatic rings. The number of rotatable bonds is 6. The van der Waals surface area contributed by atoms with Crippen molar-refractivity contribution in [1.29, 1.82) is 4.78 Å². The molecule has 0 fully saturated rings. The van der Waals surface area contributed by atoms with Crippen LogP contribution in [0, 0.1) is 4.78 Å². The Kier molecular flexibility index (Phi) is 5.33. The summed E-state index contributed by atoms with van der Waals surface area (Å²) in [6.45, 7) is 0. The SMILES string of the molecule is CNc1nc(Nc2ccc([S-](=N)=O)cc2)ncc1-c1ccc(OC)cc1. The molecule has 7 nitrogen and oxygen atoms in total. The summed E-state index contributed by atoms with van der Waals surface area (Å²) in [5.74, 6) is 1.92. The van der Waals surface area contributed by atoms with Crippen molar-refractivity contribution in [1.82, 2.24) is 9.97 Å². The predicted molar refractivity (Wildman–Crippen MR) is 102 cm³/mol. The van der Waals surface area contributed by atoms with E-state index in [1.165, 1.54) is 0 Å². The molecule has 3 N–H and O–H groups in total. The zero-order valence-electron chi connectivity index (χ0n) is 14.3. The van der Waals surface area contributed by atoms with E-state index in [0.29, 0.717) is 16.7 Å². The smallest absolute Gasteiger partial charge is 0.229 e. The van der Waals surface area contributed by atoms with Gasteiger partial charge in [-0.3, -0.25) is 0 Å². The second-order valence-electron chi connectivity index (χ2n) is 5.35. The van der Waals surface area contributed by atoms with Gasteiger partial charge in [0, 0.05) is 24.5 Å². The number of hydrogen-bond donors (Lipinski definition) is 3. The highest BCUT2D eigenvalue weighted by molar-refractivity contribution is 7.73. The van der Waals surface area contributed by atoms with Crippen molar-refractivity contribution in [2.45, 2.75) is 4.90 Å². The van der Waals surface area contributed by atoms with Crippen LogP contribution in [0.25, 0.3) is 11.1 Å². The molecule has 0 aliphatic rings. The summed E-state index contributed by atoms with van der Waals surface area (Å²) in [6.07, 6.45) is 1.75. The van der Waals surface area contributed by atoms with Gasteiger partial charge in [0.2, 0.25) is 5.95 Å². The molecule has 0 saturated heterocycles. The molecule has 0 atom stereocenters. The van der Waals surface area contributed by atoms with Crippen LogP contribution in [-0.4, -0.2) is 24.1 Å². The van der Waals surface area contributed by atoms with Gasteiger partial charge in [-0.2, -0.15) is 15.6 Å². The number of nitrogens with zero attached hydrogens (tertiary/aromatic N) is 2. The normalized spacial score (nSPS) is 10.6. The Hall–Kier alpha value is -3.13. The fourth-order valence-corrected chi connectivity index (χ4v) is 2.79. The van der Waals surface area contributed by atoms with Gasteiger partial charge in [0.25, 0.3) is 0 Å². The van der Waals surface area contributed by atoms with Crippen molar-refractivity contribution in [2.75, 3.05) is 24.8 Å². The zero-order chi connectivity index (χ0) is 18.5. The average Bonchev–Trinajstić information content (AvgIpc) is 2.68. The van der Waals surface area contributed by atoms with Crippen LogP contribution in [0.1, 0.15) is 0 Å². The second-order valence-corrected chi connectivity index (χ2v) is 6.36. The maximum absolute atomic E-state index is 11.1. The van der Waals surface area contributed by atoms with E-state index in [4.69, 9.17) is 9.52 Å². The Labute approximate surface area is 153 Å². The first-order chi connectivity index (χ1) is 12.6. The van der Waals surface area contributed by atoms with Gasteiger partial charge in [0.05, 0.1) is 7.11 Å². The fraction of sp³-hybridized carbons (Fsp3) is 0.111. The molecule has 0 aliphatic carbocycles. The summed E-state index contributed by atoms with van der Waals surface area (Å²) in [5.41, 5.74) is 2.60. The van der Waals surface area contributed by atoms with Crippen LogP contribution >= 0.6 is 0 Å². The lowest BCUT2D eigenvalue weighted by molar-refractivity contribution is 0.415. The van der Waals surface area contributed by atoms with Gasteiger partial charge in [-0.05, 0) is 29.8 Å². The van der Waals surface area contributed by atoms with Crippen LogP contribution in [-0.2, 0) is 14.8 Å². The summed E-state index contributed by atoms with van der Waals surface area (Å²) in [6, 6.07) is 14.4. The van der Waals surface area contributed by atoms with Gasteiger partial charge < -0.3 is 24.4 Å². The summed E-state index contributed by atoms with van der Waals surface area (Å²) in [4.78, 5) is 9.32. The van der Waals surface area contributed by atoms with E-state index >= 15 is 0 Å². The molecule has 0 radical (unpaired) electrons. The first-order valence-corrected chi connectivity index (χ1v) is 8.95. The number of hydrogen-bond acceptors (Lipinski definition) is 8. The van der Waals surface area contributed by atoms with E-state index in [9.17, 15) is 4.21 Å². The maximum Gasteiger partial charge on any atom is 0.229 e. The fourth-order valence-electron chi connectivity index (χ4n) is 2.41. The Morgan fingerprint density at radius 3 is 2.35 bits per heavy atom. The van der Waals surface area contributed by atoms with Crippen molar-refractivity contribution in [3.8, 4) is 16.9 Å². The minimum atomic E-state index is -1.74. The summed E-state index contributed by atoms with van der Waals surface area (Å²) >= 11 is 0. The van der Waals surface area contributed by atoms with Crippen molar-refractivity contribution in [2.24, 2.45) is 0 Å². The van der Waals surface area contributed by atoms with Gasteiger partial charge in [-0.25, -0.2) is 4.98 Å². The topological polar surface area (TPSA) is 100.0 Å². The Morgan fingerprint density at radius 1 is 1.08 bits per heavy atom. The van der Waals surface area contributed by atoms with Crippen LogP contribution in [0.15, 0.2) is 59.6 Å². The molecule has 0 amide bonds. The number of benzene rings is 2. The van der Waals surface area contributed by atoms with Gasteiger partial charge in [0.1, 0.15) is 11.6 Å². The molecule has 3 rings (SSSR count). The van der Waals surface area contributed by atoms with E-state index in [1.807, 2.05) is 24.3 Å². The van der Waals surface area contributed by atoms with Crippen molar-refractivity contribution in [3.05, 3.63) is 54.7 Å². The molecule has 0 bridgehead atoms. The molecule has 2 aromatic carbocycles. The van der Waals surface area contributed by atoms with E-state index < -0.39 is 10.6 Å². The Morgan fingerprint density at radius 2 is 1.77 bits per heavy atom. The zero-order valence-corrected chi connectivity index (χ0v) is 15.1. The third-order valence-electron chi connectivity index (χ3n) is 3.75. The lowest BCUT2D eigenvalue weighted by Gasteiger charge is -2.12. The van der Waals surface area contributed by atoms with E-state index in [1.54, 1.807) is 44.6 Å². The standard InChI is InChI=1S/C18H18N5O2S/c1-20-17-16(12-3-7-14(25-2)8-4-12)11-21-18(23-17)22-13-5-9-15(10-6-13)26(19)24/h3-11,19H,1-2H3,(H2,20,21,22,23)/q-1. The highest BCUT2D eigenvalue weighted by Crippen LogP contribution is 2.28. The number of methoxy groups -OCH3 is 1. The molecule has 134 valence electrons. The largest absolute Gasteiger partial charge is 0.497 e. The molecule has 0 aliphatic heterocycles. The Balaban J connectivity index is 1.85. The quantitative estimate of drug-likeness (QED) is 0.568. The summed E-state index contributed by atoms with van der Waals surface area (Å²) in [7, 11) is 1.69. The molecule has 0 saturated carbocycles. The molecule has 0 unspecified atom stereocenters. The lowest BCUT2D eigenvalue weighted by Crippen LogP contribution is -2.02. The minimum Gasteiger partial charge on any atom is -0.497 e. The molecule has 1 aromatic heterocycles. The van der Waals surface area contributed by atoms with Gasteiger partial charge in [-0.1, -0.05) is 29.2 Å². The van der Waals surface area contributed by atoms with Crippen LogP contribution in [0.5, 0.6) is 5.75 Å². The van der Waals surface area contributed by atoms with E-state index in [0.717, 1.165) is 22.6 Å². The molecule has 8 heteroatoms. The summed E-state index contributed by atoms with van der Waals surface area (Å²) in [5, 5.41) is 6.18. The van der Waals surface area contributed by atoms with Crippen molar-refractivity contribution in [3.63, 3.8) is 0 Å². The van der Waals surface area contributed by atoms with Crippen LogP contribution in [0.3, 0.4) is 0 Å². The molecule has 1 heterocycles. The van der Waals surface area contributed by atoms with Gasteiger partial charge in [0.15, 0.2) is 0 Å². The monoisotopic (exact) mass is 368 g/mol.